The van der Waals surface area contributed by atoms with Gasteiger partial charge in [0, 0.05) is 21.5 Å². The van der Waals surface area contributed by atoms with Crippen molar-refractivity contribution in [2.75, 3.05) is 0 Å². The second-order valence-electron chi connectivity index (χ2n) is 6.04. The van der Waals surface area contributed by atoms with E-state index >= 15 is 0 Å². The van der Waals surface area contributed by atoms with Crippen LogP contribution in [0.2, 0.25) is 5.02 Å². The van der Waals surface area contributed by atoms with Gasteiger partial charge < -0.3 is 4.98 Å². The van der Waals surface area contributed by atoms with Gasteiger partial charge in [0.25, 0.3) is 5.91 Å². The summed E-state index contributed by atoms with van der Waals surface area (Å²) in [6.07, 6.45) is 1.61. The second-order valence-corrected chi connectivity index (χ2v) is 6.48. The number of aromatic amines is 1. The predicted octanol–water partition coefficient (Wildman–Crippen LogP) is 5.25. The van der Waals surface area contributed by atoms with Crippen LogP contribution < -0.4 is 5.43 Å². The molecule has 0 unspecified atom stereocenters. The summed E-state index contributed by atoms with van der Waals surface area (Å²) >= 11 is 6.18. The Morgan fingerprint density at radius 1 is 0.963 bits per heavy atom. The molecule has 0 saturated heterocycles. The summed E-state index contributed by atoms with van der Waals surface area (Å²) in [4.78, 5) is 16.0. The number of halogens is 1. The van der Waals surface area contributed by atoms with Gasteiger partial charge in [-0.2, -0.15) is 5.10 Å². The van der Waals surface area contributed by atoms with Crippen molar-refractivity contribution in [3.05, 3.63) is 95.1 Å². The number of carbonyl (C=O) groups excluding carboxylic acids is 1. The summed E-state index contributed by atoms with van der Waals surface area (Å²) in [5.41, 5.74) is 6.54. The molecule has 0 radical (unpaired) electrons. The van der Waals surface area contributed by atoms with Crippen LogP contribution in [0.4, 0.5) is 0 Å². The average Bonchev–Trinajstić information content (AvgIpc) is 3.08. The Kier molecular flexibility index (Phi) is 4.73. The number of rotatable bonds is 4. The highest BCUT2D eigenvalue weighted by Gasteiger charge is 2.19. The molecule has 0 bridgehead atoms. The number of amides is 1. The molecule has 0 aliphatic carbocycles. The van der Waals surface area contributed by atoms with Gasteiger partial charge in [0.2, 0.25) is 0 Å². The number of H-pyrrole nitrogens is 1. The molecule has 132 valence electrons. The third-order valence-corrected chi connectivity index (χ3v) is 4.46. The number of hydrogen-bond donors (Lipinski definition) is 2. The van der Waals surface area contributed by atoms with Crippen LogP contribution >= 0.6 is 11.6 Å². The van der Waals surface area contributed by atoms with Gasteiger partial charge in [-0.15, -0.1) is 0 Å². The van der Waals surface area contributed by atoms with Crippen LogP contribution in [0.3, 0.4) is 0 Å². The Hall–Kier alpha value is -3.37. The van der Waals surface area contributed by atoms with E-state index in [1.807, 2.05) is 72.8 Å². The minimum atomic E-state index is -0.312. The van der Waals surface area contributed by atoms with Crippen LogP contribution in [0.5, 0.6) is 0 Å². The molecular formula is C22H16ClN3O. The Balaban J connectivity index is 1.72. The molecule has 0 atom stereocenters. The monoisotopic (exact) mass is 373 g/mol. The number of aromatic nitrogens is 1. The summed E-state index contributed by atoms with van der Waals surface area (Å²) in [6, 6.07) is 24.9. The molecule has 0 spiro atoms. The van der Waals surface area contributed by atoms with Crippen molar-refractivity contribution in [2.45, 2.75) is 0 Å². The number of fused-ring (bicyclic) bond motifs is 1. The van der Waals surface area contributed by atoms with E-state index in [9.17, 15) is 4.79 Å². The zero-order valence-electron chi connectivity index (χ0n) is 14.3. The van der Waals surface area contributed by atoms with E-state index in [1.54, 1.807) is 12.3 Å². The lowest BCUT2D eigenvalue weighted by Gasteiger charge is -2.04. The summed E-state index contributed by atoms with van der Waals surface area (Å²) in [6.45, 7) is 0. The Bertz CT molecular complexity index is 1120. The highest BCUT2D eigenvalue weighted by atomic mass is 35.5. The molecule has 0 aliphatic rings. The Morgan fingerprint density at radius 2 is 1.67 bits per heavy atom. The standard InChI is InChI=1S/C22H16ClN3O/c23-17-11-12-19-18(13-17)20(16-9-5-2-6-10-16)21(25-19)22(27)26-24-14-15-7-3-1-4-8-15/h1-14,25H,(H,26,27)/b24-14-. The van der Waals surface area contributed by atoms with Crippen molar-refractivity contribution < 1.29 is 4.79 Å². The molecule has 1 heterocycles. The first-order valence-corrected chi connectivity index (χ1v) is 8.85. The van der Waals surface area contributed by atoms with Crippen molar-refractivity contribution in [1.82, 2.24) is 10.4 Å². The third kappa shape index (κ3) is 3.61. The summed E-state index contributed by atoms with van der Waals surface area (Å²) in [5.74, 6) is -0.312. The zero-order valence-corrected chi connectivity index (χ0v) is 15.1. The largest absolute Gasteiger partial charge is 0.350 e. The van der Waals surface area contributed by atoms with Crippen LogP contribution in [0.1, 0.15) is 16.1 Å². The molecule has 4 aromatic rings. The van der Waals surface area contributed by atoms with Crippen LogP contribution in [-0.2, 0) is 0 Å². The van der Waals surface area contributed by atoms with Crippen LogP contribution in [0.15, 0.2) is 84.0 Å². The molecule has 0 fully saturated rings. The van der Waals surface area contributed by atoms with E-state index in [0.717, 1.165) is 27.6 Å². The highest BCUT2D eigenvalue weighted by Crippen LogP contribution is 2.34. The number of hydrazone groups is 1. The first-order valence-electron chi connectivity index (χ1n) is 8.47. The molecule has 4 rings (SSSR count). The topological polar surface area (TPSA) is 57.2 Å². The van der Waals surface area contributed by atoms with Gasteiger partial charge >= 0.3 is 0 Å². The van der Waals surface area contributed by atoms with Gasteiger partial charge in [-0.05, 0) is 29.3 Å². The minimum Gasteiger partial charge on any atom is -0.350 e. The van der Waals surface area contributed by atoms with Crippen molar-refractivity contribution in [3.63, 3.8) is 0 Å². The highest BCUT2D eigenvalue weighted by molar-refractivity contribution is 6.31. The number of benzene rings is 3. The molecule has 0 aliphatic heterocycles. The van der Waals surface area contributed by atoms with Crippen LogP contribution in [0, 0.1) is 0 Å². The van der Waals surface area contributed by atoms with Gasteiger partial charge in [0.05, 0.1) is 6.21 Å². The number of nitrogens with one attached hydrogen (secondary N) is 2. The van der Waals surface area contributed by atoms with Crippen molar-refractivity contribution in [2.24, 2.45) is 5.10 Å². The molecule has 27 heavy (non-hydrogen) atoms. The van der Waals surface area contributed by atoms with E-state index in [2.05, 4.69) is 15.5 Å². The molecule has 3 aromatic carbocycles. The lowest BCUT2D eigenvalue weighted by atomic mass is 10.0. The minimum absolute atomic E-state index is 0.312. The summed E-state index contributed by atoms with van der Waals surface area (Å²) < 4.78 is 0. The third-order valence-electron chi connectivity index (χ3n) is 4.23. The Morgan fingerprint density at radius 3 is 2.41 bits per heavy atom. The normalized spacial score (nSPS) is 11.1. The quantitative estimate of drug-likeness (QED) is 0.372. The van der Waals surface area contributed by atoms with E-state index in [1.165, 1.54) is 0 Å². The summed E-state index contributed by atoms with van der Waals surface area (Å²) in [7, 11) is 0. The molecule has 2 N–H and O–H groups in total. The van der Waals surface area contributed by atoms with Crippen molar-refractivity contribution in [3.8, 4) is 11.1 Å². The lowest BCUT2D eigenvalue weighted by Crippen LogP contribution is -2.18. The van der Waals surface area contributed by atoms with E-state index < -0.39 is 0 Å². The molecule has 4 nitrogen and oxygen atoms in total. The second kappa shape index (κ2) is 7.48. The van der Waals surface area contributed by atoms with Gasteiger partial charge in [-0.3, -0.25) is 4.79 Å². The molecule has 1 aromatic heterocycles. The maximum absolute atomic E-state index is 12.8. The number of carbonyl (C=O) groups is 1. The number of hydrogen-bond acceptors (Lipinski definition) is 2. The fraction of sp³-hybridized carbons (Fsp3) is 0. The smallest absolute Gasteiger partial charge is 0.288 e. The summed E-state index contributed by atoms with van der Waals surface area (Å²) in [5, 5.41) is 5.58. The van der Waals surface area contributed by atoms with E-state index in [-0.39, 0.29) is 5.91 Å². The fourth-order valence-corrected chi connectivity index (χ4v) is 3.17. The fourth-order valence-electron chi connectivity index (χ4n) is 3.00. The zero-order chi connectivity index (χ0) is 18.6. The van der Waals surface area contributed by atoms with Gasteiger partial charge in [0.1, 0.15) is 5.69 Å². The predicted molar refractivity (Wildman–Crippen MR) is 110 cm³/mol. The first-order chi connectivity index (χ1) is 13.2. The molecule has 0 saturated carbocycles. The van der Waals surface area contributed by atoms with Crippen LogP contribution in [-0.4, -0.2) is 17.1 Å². The number of nitrogens with zero attached hydrogens (tertiary/aromatic N) is 1. The molecular weight excluding hydrogens is 358 g/mol. The SMILES string of the molecule is O=C(N/N=C\c1ccccc1)c1[nH]c2ccc(Cl)cc2c1-c1ccccc1. The first kappa shape index (κ1) is 17.1. The maximum atomic E-state index is 12.8. The molecule has 1 amide bonds. The molecule has 5 heteroatoms. The maximum Gasteiger partial charge on any atom is 0.288 e. The van der Waals surface area contributed by atoms with Crippen molar-refractivity contribution in [1.29, 1.82) is 0 Å². The van der Waals surface area contributed by atoms with E-state index in [4.69, 9.17) is 11.6 Å². The van der Waals surface area contributed by atoms with Crippen LogP contribution in [0.25, 0.3) is 22.0 Å². The van der Waals surface area contributed by atoms with E-state index in [0.29, 0.717) is 10.7 Å². The lowest BCUT2D eigenvalue weighted by molar-refractivity contribution is 0.0951. The van der Waals surface area contributed by atoms with Gasteiger partial charge in [0.15, 0.2) is 0 Å². The van der Waals surface area contributed by atoms with Gasteiger partial charge in [-0.25, -0.2) is 5.43 Å². The average molecular weight is 374 g/mol. The van der Waals surface area contributed by atoms with Crippen molar-refractivity contribution >= 4 is 34.6 Å². The van der Waals surface area contributed by atoms with Gasteiger partial charge in [-0.1, -0.05) is 72.3 Å². The Labute approximate surface area is 161 Å².